The first-order chi connectivity index (χ1) is 16.0. The third-order valence-corrected chi connectivity index (χ3v) is 6.22. The monoisotopic (exact) mass is 450 g/mol. The average Bonchev–Trinajstić information content (AvgIpc) is 2.81. The maximum Gasteiger partial charge on any atom is 0.339 e. The van der Waals surface area contributed by atoms with Gasteiger partial charge in [0.2, 0.25) is 5.91 Å². The highest BCUT2D eigenvalue weighted by Crippen LogP contribution is 2.29. The van der Waals surface area contributed by atoms with Gasteiger partial charge in [-0.05, 0) is 55.7 Å². The van der Waals surface area contributed by atoms with Crippen LogP contribution in [0.5, 0.6) is 5.75 Å². The Morgan fingerprint density at radius 3 is 2.48 bits per heavy atom. The molecule has 3 aromatic rings. The first-order valence-electron chi connectivity index (χ1n) is 11.2. The second-order valence-electron chi connectivity index (χ2n) is 8.40. The van der Waals surface area contributed by atoms with E-state index in [1.165, 1.54) is 5.56 Å². The summed E-state index contributed by atoms with van der Waals surface area (Å²) in [6.07, 6.45) is 0.512. The minimum Gasteiger partial charge on any atom is -0.496 e. The summed E-state index contributed by atoms with van der Waals surface area (Å²) in [5.41, 5.74) is 4.23. The summed E-state index contributed by atoms with van der Waals surface area (Å²) in [6.45, 7) is 8.06. The largest absolute Gasteiger partial charge is 0.496 e. The van der Waals surface area contributed by atoms with E-state index in [1.54, 1.807) is 7.11 Å². The lowest BCUT2D eigenvalue weighted by molar-refractivity contribution is -0.116. The third kappa shape index (κ3) is 5.26. The molecule has 1 N–H and O–H groups in total. The zero-order valence-corrected chi connectivity index (χ0v) is 19.4. The summed E-state index contributed by atoms with van der Waals surface area (Å²) in [7, 11) is 1.59. The molecule has 7 heteroatoms. The standard InChI is InChI=1S/C26H30N2O5/c1-17-21-8-10-23(31-3)18(2)25(21)33-26(30)22(17)9-11-24(29)27-20-6-4-19(5-7-20)16-28-12-14-32-15-13-28/h4-8,10H,9,11-16H2,1-3H3,(H,27,29). The van der Waals surface area contributed by atoms with Crippen LogP contribution in [0, 0.1) is 13.8 Å². The lowest BCUT2D eigenvalue weighted by Gasteiger charge is -2.26. The van der Waals surface area contributed by atoms with Crippen LogP contribution in [0.1, 0.15) is 28.7 Å². The van der Waals surface area contributed by atoms with Gasteiger partial charge in [-0.3, -0.25) is 9.69 Å². The van der Waals surface area contributed by atoms with Gasteiger partial charge in [-0.15, -0.1) is 0 Å². The van der Waals surface area contributed by atoms with Gasteiger partial charge < -0.3 is 19.2 Å². The van der Waals surface area contributed by atoms with E-state index in [2.05, 4.69) is 10.2 Å². The van der Waals surface area contributed by atoms with Crippen molar-refractivity contribution >= 4 is 22.6 Å². The molecule has 33 heavy (non-hydrogen) atoms. The van der Waals surface area contributed by atoms with Crippen molar-refractivity contribution in [3.8, 4) is 5.75 Å². The molecule has 0 radical (unpaired) electrons. The van der Waals surface area contributed by atoms with Crippen LogP contribution in [0.25, 0.3) is 11.0 Å². The highest BCUT2D eigenvalue weighted by atomic mass is 16.5. The number of carbonyl (C=O) groups excluding carboxylic acids is 1. The minimum absolute atomic E-state index is 0.138. The number of methoxy groups -OCH3 is 1. The topological polar surface area (TPSA) is 81.0 Å². The molecule has 0 aliphatic carbocycles. The predicted molar refractivity (Wildman–Crippen MR) is 128 cm³/mol. The molecule has 0 atom stereocenters. The predicted octanol–water partition coefficient (Wildman–Crippen LogP) is 3.82. The molecule has 0 unspecified atom stereocenters. The summed E-state index contributed by atoms with van der Waals surface area (Å²) in [5, 5.41) is 3.78. The number of carbonyl (C=O) groups is 1. The van der Waals surface area contributed by atoms with Gasteiger partial charge in [0.25, 0.3) is 0 Å². The number of fused-ring (bicyclic) bond motifs is 1. The van der Waals surface area contributed by atoms with Crippen LogP contribution in [0.2, 0.25) is 0 Å². The molecule has 7 nitrogen and oxygen atoms in total. The molecule has 0 bridgehead atoms. The van der Waals surface area contributed by atoms with Crippen molar-refractivity contribution in [1.29, 1.82) is 0 Å². The number of ether oxygens (including phenoxy) is 2. The lowest BCUT2D eigenvalue weighted by Crippen LogP contribution is -2.35. The fourth-order valence-electron chi connectivity index (χ4n) is 4.25. The second kappa shape index (κ2) is 10.2. The Morgan fingerprint density at radius 2 is 1.79 bits per heavy atom. The number of aryl methyl sites for hydroxylation is 2. The first-order valence-corrected chi connectivity index (χ1v) is 11.2. The van der Waals surface area contributed by atoms with Gasteiger partial charge in [-0.25, -0.2) is 4.79 Å². The Hall–Kier alpha value is -3.16. The molecule has 1 amide bonds. The summed E-state index contributed by atoms with van der Waals surface area (Å²) < 4.78 is 16.3. The van der Waals surface area contributed by atoms with E-state index in [0.29, 0.717) is 23.3 Å². The number of nitrogens with zero attached hydrogens (tertiary/aromatic N) is 1. The number of rotatable bonds is 7. The number of hydrogen-bond acceptors (Lipinski definition) is 6. The fourth-order valence-corrected chi connectivity index (χ4v) is 4.25. The summed E-state index contributed by atoms with van der Waals surface area (Å²) in [4.78, 5) is 27.5. The molecule has 1 aliphatic rings. The fraction of sp³-hybridized carbons (Fsp3) is 0.385. The van der Waals surface area contributed by atoms with Crippen molar-refractivity contribution in [1.82, 2.24) is 4.90 Å². The molecular formula is C26H30N2O5. The van der Waals surface area contributed by atoms with Crippen LogP contribution in [-0.2, 0) is 22.5 Å². The van der Waals surface area contributed by atoms with E-state index in [1.807, 2.05) is 50.2 Å². The Labute approximate surface area is 193 Å². The van der Waals surface area contributed by atoms with Crippen LogP contribution in [0.4, 0.5) is 5.69 Å². The van der Waals surface area contributed by atoms with Crippen molar-refractivity contribution in [2.24, 2.45) is 0 Å². The number of benzene rings is 2. The second-order valence-corrected chi connectivity index (χ2v) is 8.40. The summed E-state index contributed by atoms with van der Waals surface area (Å²) in [6, 6.07) is 11.7. The summed E-state index contributed by atoms with van der Waals surface area (Å²) >= 11 is 0. The van der Waals surface area contributed by atoms with E-state index >= 15 is 0 Å². The Balaban J connectivity index is 1.39. The molecular weight excluding hydrogens is 420 g/mol. The van der Waals surface area contributed by atoms with Gasteiger partial charge in [-0.1, -0.05) is 12.1 Å². The van der Waals surface area contributed by atoms with Crippen LogP contribution in [-0.4, -0.2) is 44.2 Å². The van der Waals surface area contributed by atoms with E-state index in [4.69, 9.17) is 13.9 Å². The smallest absolute Gasteiger partial charge is 0.339 e. The molecule has 2 aromatic carbocycles. The van der Waals surface area contributed by atoms with E-state index in [0.717, 1.165) is 55.0 Å². The maximum absolute atomic E-state index is 12.6. The van der Waals surface area contributed by atoms with Gasteiger partial charge in [-0.2, -0.15) is 0 Å². The highest BCUT2D eigenvalue weighted by molar-refractivity contribution is 5.91. The number of hydrogen-bond donors (Lipinski definition) is 1. The average molecular weight is 451 g/mol. The number of morpholine rings is 1. The van der Waals surface area contributed by atoms with Gasteiger partial charge in [0, 0.05) is 48.3 Å². The van der Waals surface area contributed by atoms with Gasteiger partial charge in [0.05, 0.1) is 20.3 Å². The molecule has 1 fully saturated rings. The first kappa shape index (κ1) is 23.0. The minimum atomic E-state index is -0.406. The SMILES string of the molecule is COc1ccc2c(C)c(CCC(=O)Nc3ccc(CN4CCOCC4)cc3)c(=O)oc2c1C. The Morgan fingerprint density at radius 1 is 1.06 bits per heavy atom. The molecule has 1 aliphatic heterocycles. The van der Waals surface area contributed by atoms with Crippen LogP contribution in [0.15, 0.2) is 45.6 Å². The van der Waals surface area contributed by atoms with Crippen molar-refractivity contribution in [3.05, 3.63) is 69.1 Å². The normalized spacial score (nSPS) is 14.4. The highest BCUT2D eigenvalue weighted by Gasteiger charge is 2.16. The van der Waals surface area contributed by atoms with Gasteiger partial charge in [0.15, 0.2) is 0 Å². The van der Waals surface area contributed by atoms with Crippen LogP contribution in [0.3, 0.4) is 0 Å². The number of anilines is 1. The van der Waals surface area contributed by atoms with E-state index < -0.39 is 5.63 Å². The zero-order chi connectivity index (χ0) is 23.4. The van der Waals surface area contributed by atoms with E-state index in [9.17, 15) is 9.59 Å². The van der Waals surface area contributed by atoms with Gasteiger partial charge >= 0.3 is 5.63 Å². The zero-order valence-electron chi connectivity index (χ0n) is 19.4. The molecule has 0 spiro atoms. The van der Waals surface area contributed by atoms with Crippen molar-refractivity contribution in [2.75, 3.05) is 38.7 Å². The van der Waals surface area contributed by atoms with Crippen molar-refractivity contribution in [3.63, 3.8) is 0 Å². The Kier molecular flexibility index (Phi) is 7.11. The van der Waals surface area contributed by atoms with Gasteiger partial charge in [0.1, 0.15) is 11.3 Å². The van der Waals surface area contributed by atoms with Crippen LogP contribution < -0.4 is 15.7 Å². The number of amides is 1. The molecule has 2 heterocycles. The molecule has 174 valence electrons. The molecule has 0 saturated carbocycles. The molecule has 1 aromatic heterocycles. The van der Waals surface area contributed by atoms with Crippen molar-refractivity contribution in [2.45, 2.75) is 33.2 Å². The summed E-state index contributed by atoms with van der Waals surface area (Å²) in [5.74, 6) is 0.536. The van der Waals surface area contributed by atoms with Crippen molar-refractivity contribution < 1.29 is 18.7 Å². The lowest BCUT2D eigenvalue weighted by atomic mass is 10.00. The third-order valence-electron chi connectivity index (χ3n) is 6.22. The quantitative estimate of drug-likeness (QED) is 0.551. The Bertz CT molecular complexity index is 1190. The van der Waals surface area contributed by atoms with E-state index in [-0.39, 0.29) is 12.3 Å². The number of nitrogens with one attached hydrogen (secondary N) is 1. The molecule has 4 rings (SSSR count). The molecule has 1 saturated heterocycles. The van der Waals surface area contributed by atoms with Crippen LogP contribution >= 0.6 is 0 Å². The maximum atomic E-state index is 12.6.